The van der Waals surface area contributed by atoms with Crippen LogP contribution in [0.25, 0.3) is 0 Å². The third kappa shape index (κ3) is 3.79. The molecule has 0 saturated carbocycles. The topological polar surface area (TPSA) is 65.4 Å². The van der Waals surface area contributed by atoms with Crippen LogP contribution >= 0.6 is 27.5 Å². The lowest BCUT2D eigenvalue weighted by atomic mass is 10.1. The van der Waals surface area contributed by atoms with Crippen molar-refractivity contribution in [2.75, 3.05) is 18.5 Å². The molecule has 8 heteroatoms. The van der Waals surface area contributed by atoms with Gasteiger partial charge < -0.3 is 14.8 Å². The third-order valence-electron chi connectivity index (χ3n) is 4.10. The van der Waals surface area contributed by atoms with Crippen LogP contribution in [-0.4, -0.2) is 28.9 Å². The predicted molar refractivity (Wildman–Crippen MR) is 106 cm³/mol. The quantitative estimate of drug-likeness (QED) is 0.644. The lowest BCUT2D eigenvalue weighted by Crippen LogP contribution is -2.19. The molecule has 0 unspecified atom stereocenters. The Balaban J connectivity index is 1.55. The van der Waals surface area contributed by atoms with Crippen molar-refractivity contribution in [1.29, 1.82) is 0 Å². The first-order valence-corrected chi connectivity index (χ1v) is 9.44. The summed E-state index contributed by atoms with van der Waals surface area (Å²) in [6, 6.07) is 12.8. The normalized spacial score (nSPS) is 12.7. The number of nitrogens with one attached hydrogen (secondary N) is 1. The summed E-state index contributed by atoms with van der Waals surface area (Å²) < 4.78 is 13.7. The van der Waals surface area contributed by atoms with E-state index in [4.69, 9.17) is 21.1 Å². The highest BCUT2D eigenvalue weighted by Crippen LogP contribution is 2.38. The van der Waals surface area contributed by atoms with E-state index in [-0.39, 0.29) is 5.91 Å². The largest absolute Gasteiger partial charge is 0.486 e. The van der Waals surface area contributed by atoms with Gasteiger partial charge in [-0.1, -0.05) is 45.7 Å². The van der Waals surface area contributed by atoms with Gasteiger partial charge in [0, 0.05) is 16.1 Å². The van der Waals surface area contributed by atoms with Gasteiger partial charge in [-0.15, -0.1) is 0 Å². The van der Waals surface area contributed by atoms with E-state index in [9.17, 15) is 4.79 Å². The standard InChI is InChI=1S/C19H15BrClN3O3/c20-14-4-2-1-3-12(14)11-24-17(5-6-22-24)23-19(25)13-9-15(21)18-16(10-13)26-7-8-27-18/h1-6,9-10H,7-8,11H2,(H,23,25). The summed E-state index contributed by atoms with van der Waals surface area (Å²) in [6.45, 7) is 1.38. The molecular weight excluding hydrogens is 434 g/mol. The second kappa shape index (κ2) is 7.62. The van der Waals surface area contributed by atoms with E-state index in [0.717, 1.165) is 10.0 Å². The second-order valence-corrected chi connectivity index (χ2v) is 7.16. The zero-order valence-corrected chi connectivity index (χ0v) is 16.5. The van der Waals surface area contributed by atoms with Crippen molar-refractivity contribution in [3.8, 4) is 11.5 Å². The number of aromatic nitrogens is 2. The van der Waals surface area contributed by atoms with E-state index < -0.39 is 0 Å². The highest BCUT2D eigenvalue weighted by Gasteiger charge is 2.20. The van der Waals surface area contributed by atoms with E-state index in [2.05, 4.69) is 26.3 Å². The molecule has 4 rings (SSSR count). The molecule has 0 bridgehead atoms. The first-order chi connectivity index (χ1) is 13.1. The molecule has 0 saturated heterocycles. The minimum Gasteiger partial charge on any atom is -0.486 e. The molecule has 1 aliphatic heterocycles. The summed E-state index contributed by atoms with van der Waals surface area (Å²) in [6.07, 6.45) is 1.64. The third-order valence-corrected chi connectivity index (χ3v) is 5.15. The number of benzene rings is 2. The number of hydrogen-bond acceptors (Lipinski definition) is 4. The van der Waals surface area contributed by atoms with Crippen molar-refractivity contribution in [2.45, 2.75) is 6.54 Å². The van der Waals surface area contributed by atoms with Gasteiger partial charge in [-0.25, -0.2) is 4.68 Å². The van der Waals surface area contributed by atoms with Gasteiger partial charge in [0.2, 0.25) is 0 Å². The van der Waals surface area contributed by atoms with Crippen molar-refractivity contribution >= 4 is 39.3 Å². The van der Waals surface area contributed by atoms with Crippen molar-refractivity contribution < 1.29 is 14.3 Å². The molecule has 27 heavy (non-hydrogen) atoms. The molecule has 138 valence electrons. The first-order valence-electron chi connectivity index (χ1n) is 8.27. The van der Waals surface area contributed by atoms with Crippen LogP contribution in [0.3, 0.4) is 0 Å². The molecule has 0 atom stereocenters. The second-order valence-electron chi connectivity index (χ2n) is 5.90. The number of amides is 1. The summed E-state index contributed by atoms with van der Waals surface area (Å²) in [7, 11) is 0. The van der Waals surface area contributed by atoms with Gasteiger partial charge in [-0.2, -0.15) is 5.10 Å². The maximum Gasteiger partial charge on any atom is 0.257 e. The van der Waals surface area contributed by atoms with E-state index >= 15 is 0 Å². The molecule has 2 aromatic carbocycles. The average molecular weight is 449 g/mol. The van der Waals surface area contributed by atoms with Crippen LogP contribution in [0.2, 0.25) is 5.02 Å². The van der Waals surface area contributed by atoms with Gasteiger partial charge >= 0.3 is 0 Å². The van der Waals surface area contributed by atoms with Crippen LogP contribution in [-0.2, 0) is 6.54 Å². The Labute approximate surface area is 169 Å². The Morgan fingerprint density at radius 1 is 1.22 bits per heavy atom. The molecule has 3 aromatic rings. The maximum atomic E-state index is 12.7. The Hall–Kier alpha value is -2.51. The van der Waals surface area contributed by atoms with Gasteiger partial charge in [0.25, 0.3) is 5.91 Å². The highest BCUT2D eigenvalue weighted by atomic mass is 79.9. The SMILES string of the molecule is O=C(Nc1ccnn1Cc1ccccc1Br)c1cc(Cl)c2c(c1)OCCO2. The maximum absolute atomic E-state index is 12.7. The average Bonchev–Trinajstić information content (AvgIpc) is 3.10. The fraction of sp³-hybridized carbons (Fsp3) is 0.158. The highest BCUT2D eigenvalue weighted by molar-refractivity contribution is 9.10. The van der Waals surface area contributed by atoms with Gasteiger partial charge in [-0.05, 0) is 23.8 Å². The van der Waals surface area contributed by atoms with Gasteiger partial charge in [0.05, 0.1) is 17.8 Å². The number of halogens is 2. The molecular formula is C19H15BrClN3O3. The summed E-state index contributed by atoms with van der Waals surface area (Å²) in [5, 5.41) is 7.52. The summed E-state index contributed by atoms with van der Waals surface area (Å²) in [5.74, 6) is 1.23. The Morgan fingerprint density at radius 2 is 2.04 bits per heavy atom. The molecule has 2 heterocycles. The fourth-order valence-electron chi connectivity index (χ4n) is 2.78. The summed E-state index contributed by atoms with van der Waals surface area (Å²) >= 11 is 9.75. The molecule has 0 spiro atoms. The number of rotatable bonds is 4. The van der Waals surface area contributed by atoms with Crippen LogP contribution in [0.1, 0.15) is 15.9 Å². The van der Waals surface area contributed by atoms with E-state index in [0.29, 0.717) is 47.7 Å². The summed E-state index contributed by atoms with van der Waals surface area (Å²) in [5.41, 5.74) is 1.44. The van der Waals surface area contributed by atoms with Gasteiger partial charge in [-0.3, -0.25) is 4.79 Å². The van der Waals surface area contributed by atoms with Crippen molar-refractivity contribution in [3.63, 3.8) is 0 Å². The van der Waals surface area contributed by atoms with Crippen molar-refractivity contribution in [2.24, 2.45) is 0 Å². The zero-order valence-electron chi connectivity index (χ0n) is 14.1. The van der Waals surface area contributed by atoms with Crippen molar-refractivity contribution in [1.82, 2.24) is 9.78 Å². The fourth-order valence-corrected chi connectivity index (χ4v) is 3.46. The lowest BCUT2D eigenvalue weighted by Gasteiger charge is -2.20. The van der Waals surface area contributed by atoms with E-state index in [1.54, 1.807) is 29.1 Å². The van der Waals surface area contributed by atoms with Crippen molar-refractivity contribution in [3.05, 3.63) is 69.3 Å². The number of ether oxygens (including phenoxy) is 2. The molecule has 0 fully saturated rings. The minimum atomic E-state index is -0.303. The van der Waals surface area contributed by atoms with Crippen LogP contribution in [0.5, 0.6) is 11.5 Å². The van der Waals surface area contributed by atoms with Crippen LogP contribution in [0.4, 0.5) is 5.82 Å². The number of carbonyl (C=O) groups excluding carboxylic acids is 1. The van der Waals surface area contributed by atoms with E-state index in [1.807, 2.05) is 24.3 Å². The lowest BCUT2D eigenvalue weighted by molar-refractivity contribution is 0.102. The zero-order chi connectivity index (χ0) is 18.8. The first kappa shape index (κ1) is 17.9. The molecule has 6 nitrogen and oxygen atoms in total. The molecule has 1 amide bonds. The van der Waals surface area contributed by atoms with Crippen LogP contribution in [0, 0.1) is 0 Å². The molecule has 1 aliphatic rings. The number of anilines is 1. The van der Waals surface area contributed by atoms with Gasteiger partial charge in [0.15, 0.2) is 11.5 Å². The molecule has 0 aliphatic carbocycles. The Bertz CT molecular complexity index is 1010. The van der Waals surface area contributed by atoms with Gasteiger partial charge in [0.1, 0.15) is 19.0 Å². The van der Waals surface area contributed by atoms with Crippen LogP contribution in [0.15, 0.2) is 53.1 Å². The number of carbonyl (C=O) groups is 1. The number of hydrogen-bond donors (Lipinski definition) is 1. The minimum absolute atomic E-state index is 0.303. The number of fused-ring (bicyclic) bond motifs is 1. The number of nitrogens with zero attached hydrogens (tertiary/aromatic N) is 2. The van der Waals surface area contributed by atoms with Crippen LogP contribution < -0.4 is 14.8 Å². The Morgan fingerprint density at radius 3 is 2.89 bits per heavy atom. The molecule has 0 radical (unpaired) electrons. The summed E-state index contributed by atoms with van der Waals surface area (Å²) in [4.78, 5) is 12.7. The molecule has 1 N–H and O–H groups in total. The van der Waals surface area contributed by atoms with E-state index in [1.165, 1.54) is 0 Å². The molecule has 1 aromatic heterocycles. The predicted octanol–water partition coefficient (Wildman–Crippen LogP) is 4.37. The Kier molecular flexibility index (Phi) is 5.05. The monoisotopic (exact) mass is 447 g/mol. The smallest absolute Gasteiger partial charge is 0.257 e.